The van der Waals surface area contributed by atoms with Gasteiger partial charge in [-0.25, -0.2) is 4.98 Å². The molecule has 0 saturated carbocycles. The highest BCUT2D eigenvalue weighted by atomic mass is 32.2. The number of benzene rings is 2. The van der Waals surface area contributed by atoms with Crippen molar-refractivity contribution in [3.05, 3.63) is 59.4 Å². The summed E-state index contributed by atoms with van der Waals surface area (Å²) in [5, 5.41) is 3.03. The zero-order valence-corrected chi connectivity index (χ0v) is 17.1. The number of carbonyl (C=O) groups excluding carboxylic acids is 1. The summed E-state index contributed by atoms with van der Waals surface area (Å²) in [6.07, 6.45) is 1.45. The van der Waals surface area contributed by atoms with Crippen molar-refractivity contribution in [2.45, 2.75) is 45.1 Å². The summed E-state index contributed by atoms with van der Waals surface area (Å²) in [6, 6.07) is 14.6. The van der Waals surface area contributed by atoms with Gasteiger partial charge in [0, 0.05) is 30.2 Å². The maximum Gasteiger partial charge on any atom is 0.220 e. The van der Waals surface area contributed by atoms with Crippen LogP contribution in [0.2, 0.25) is 0 Å². The molecule has 1 heterocycles. The van der Waals surface area contributed by atoms with Gasteiger partial charge in [-0.1, -0.05) is 18.2 Å². The summed E-state index contributed by atoms with van der Waals surface area (Å²) < 4.78 is 2.22. The highest BCUT2D eigenvalue weighted by molar-refractivity contribution is 7.99. The summed E-state index contributed by atoms with van der Waals surface area (Å²) in [5.41, 5.74) is 4.79. The van der Waals surface area contributed by atoms with Crippen LogP contribution in [0.4, 0.5) is 0 Å². The molecule has 4 nitrogen and oxygen atoms in total. The van der Waals surface area contributed by atoms with Gasteiger partial charge in [-0.05, 0) is 62.6 Å². The van der Waals surface area contributed by atoms with E-state index in [0.717, 1.165) is 35.6 Å². The maximum absolute atomic E-state index is 12.1. The summed E-state index contributed by atoms with van der Waals surface area (Å²) in [5.74, 6) is 1.95. The first-order valence-corrected chi connectivity index (χ1v) is 10.4. The molecule has 1 aromatic heterocycles. The van der Waals surface area contributed by atoms with Crippen LogP contribution in [0.15, 0.2) is 47.4 Å². The summed E-state index contributed by atoms with van der Waals surface area (Å²) in [4.78, 5) is 17.9. The number of aromatic nitrogens is 2. The third-order valence-electron chi connectivity index (χ3n) is 4.80. The van der Waals surface area contributed by atoms with Crippen LogP contribution in [0, 0.1) is 20.8 Å². The molecule has 0 aliphatic carbocycles. The number of thioether (sulfide) groups is 1. The maximum atomic E-state index is 12.1. The van der Waals surface area contributed by atoms with Crippen molar-refractivity contribution in [3.8, 4) is 0 Å². The third-order valence-corrected chi connectivity index (χ3v) is 5.80. The number of aryl methyl sites for hydroxylation is 4. The minimum Gasteiger partial charge on any atom is -0.356 e. The van der Waals surface area contributed by atoms with Gasteiger partial charge in [0.2, 0.25) is 5.91 Å². The van der Waals surface area contributed by atoms with Gasteiger partial charge in [0.1, 0.15) is 5.82 Å². The summed E-state index contributed by atoms with van der Waals surface area (Å²) >= 11 is 1.74. The molecule has 0 bridgehead atoms. The lowest BCUT2D eigenvalue weighted by Crippen LogP contribution is -2.25. The van der Waals surface area contributed by atoms with E-state index in [4.69, 9.17) is 0 Å². The van der Waals surface area contributed by atoms with Crippen molar-refractivity contribution < 1.29 is 4.79 Å². The largest absolute Gasteiger partial charge is 0.356 e. The topological polar surface area (TPSA) is 46.9 Å². The number of amides is 1. The number of fused-ring (bicyclic) bond motifs is 1. The molecule has 0 unspecified atom stereocenters. The molecular weight excluding hydrogens is 354 g/mol. The first-order valence-electron chi connectivity index (χ1n) is 9.43. The lowest BCUT2D eigenvalue weighted by molar-refractivity contribution is -0.120. The third kappa shape index (κ3) is 5.13. The van der Waals surface area contributed by atoms with Crippen LogP contribution in [-0.4, -0.2) is 27.8 Å². The average molecular weight is 382 g/mol. The Hall–Kier alpha value is -2.27. The standard InChI is InChI=1S/C22H27N3OS/c1-16-9-10-19(15-17(16)2)27-14-11-22(26)23-12-6-13-25-18(3)24-20-7-4-5-8-21(20)25/h4-5,7-10,15H,6,11-14H2,1-3H3,(H,23,26). The molecule has 1 amide bonds. The van der Waals surface area contributed by atoms with Crippen molar-refractivity contribution in [2.75, 3.05) is 12.3 Å². The zero-order chi connectivity index (χ0) is 19.2. The molecule has 142 valence electrons. The number of carbonyl (C=O) groups is 1. The first-order chi connectivity index (χ1) is 13.0. The van der Waals surface area contributed by atoms with Crippen molar-refractivity contribution in [1.29, 1.82) is 0 Å². The molecule has 0 aliphatic rings. The molecule has 2 aromatic carbocycles. The van der Waals surface area contributed by atoms with Gasteiger partial charge < -0.3 is 9.88 Å². The normalized spacial score (nSPS) is 11.1. The SMILES string of the molecule is Cc1ccc(SCCC(=O)NCCCn2c(C)nc3ccccc32)cc1C. The van der Waals surface area contributed by atoms with Crippen LogP contribution in [-0.2, 0) is 11.3 Å². The van der Waals surface area contributed by atoms with E-state index < -0.39 is 0 Å². The van der Waals surface area contributed by atoms with Crippen molar-refractivity contribution in [2.24, 2.45) is 0 Å². The van der Waals surface area contributed by atoms with Crippen LogP contribution >= 0.6 is 11.8 Å². The summed E-state index contributed by atoms with van der Waals surface area (Å²) in [6.45, 7) is 7.83. The molecule has 3 aromatic rings. The minimum atomic E-state index is 0.124. The smallest absolute Gasteiger partial charge is 0.220 e. The first kappa shape index (κ1) is 19.5. The van der Waals surface area contributed by atoms with E-state index >= 15 is 0 Å². The number of imidazole rings is 1. The predicted octanol–water partition coefficient (Wildman–Crippen LogP) is 4.65. The van der Waals surface area contributed by atoms with E-state index in [2.05, 4.69) is 53.0 Å². The summed E-state index contributed by atoms with van der Waals surface area (Å²) in [7, 11) is 0. The van der Waals surface area contributed by atoms with Gasteiger partial charge >= 0.3 is 0 Å². The molecule has 0 aliphatic heterocycles. The molecule has 0 fully saturated rings. The molecule has 1 N–H and O–H groups in total. The van der Waals surface area contributed by atoms with Crippen LogP contribution < -0.4 is 5.32 Å². The van der Waals surface area contributed by atoms with Crippen LogP contribution in [0.5, 0.6) is 0 Å². The van der Waals surface area contributed by atoms with Gasteiger partial charge in [-0.2, -0.15) is 0 Å². The van der Waals surface area contributed by atoms with Crippen LogP contribution in [0.1, 0.15) is 29.8 Å². The highest BCUT2D eigenvalue weighted by Gasteiger charge is 2.07. The Labute approximate surface area is 165 Å². The molecule has 0 spiro atoms. The number of hydrogen-bond acceptors (Lipinski definition) is 3. The van der Waals surface area contributed by atoms with Crippen molar-refractivity contribution >= 4 is 28.7 Å². The van der Waals surface area contributed by atoms with Crippen molar-refractivity contribution in [1.82, 2.24) is 14.9 Å². The number of rotatable bonds is 8. The average Bonchev–Trinajstić information content (AvgIpc) is 2.97. The number of hydrogen-bond donors (Lipinski definition) is 1. The Morgan fingerprint density at radius 2 is 1.93 bits per heavy atom. The van der Waals surface area contributed by atoms with Gasteiger partial charge in [0.25, 0.3) is 0 Å². The van der Waals surface area contributed by atoms with Gasteiger partial charge in [0.05, 0.1) is 11.0 Å². The molecule has 0 radical (unpaired) electrons. The molecule has 0 atom stereocenters. The van der Waals surface area contributed by atoms with Gasteiger partial charge in [-0.15, -0.1) is 11.8 Å². The Morgan fingerprint density at radius 3 is 2.74 bits per heavy atom. The quantitative estimate of drug-likeness (QED) is 0.456. The molecular formula is C22H27N3OS. The van der Waals surface area contributed by atoms with Crippen LogP contribution in [0.3, 0.4) is 0 Å². The van der Waals surface area contributed by atoms with Crippen LogP contribution in [0.25, 0.3) is 11.0 Å². The number of nitrogens with zero attached hydrogens (tertiary/aromatic N) is 2. The molecule has 5 heteroatoms. The van der Waals surface area contributed by atoms with Gasteiger partial charge in [-0.3, -0.25) is 4.79 Å². The fourth-order valence-corrected chi connectivity index (χ4v) is 4.04. The van der Waals surface area contributed by atoms with Crippen molar-refractivity contribution in [3.63, 3.8) is 0 Å². The Morgan fingerprint density at radius 1 is 1.11 bits per heavy atom. The molecule has 27 heavy (non-hydrogen) atoms. The Balaban J connectivity index is 1.38. The Kier molecular flexibility index (Phi) is 6.56. The Bertz CT molecular complexity index is 932. The monoisotopic (exact) mass is 381 g/mol. The minimum absolute atomic E-state index is 0.124. The van der Waals surface area contributed by atoms with E-state index in [0.29, 0.717) is 13.0 Å². The van der Waals surface area contributed by atoms with Gasteiger partial charge in [0.15, 0.2) is 0 Å². The second-order valence-electron chi connectivity index (χ2n) is 6.85. The lowest BCUT2D eigenvalue weighted by Gasteiger charge is -2.09. The van der Waals surface area contributed by atoms with E-state index in [9.17, 15) is 4.79 Å². The predicted molar refractivity (Wildman–Crippen MR) is 113 cm³/mol. The highest BCUT2D eigenvalue weighted by Crippen LogP contribution is 2.21. The zero-order valence-electron chi connectivity index (χ0n) is 16.3. The van der Waals surface area contributed by atoms with E-state index in [1.807, 2.05) is 25.1 Å². The fourth-order valence-electron chi connectivity index (χ4n) is 3.10. The van der Waals surface area contributed by atoms with E-state index in [-0.39, 0.29) is 5.91 Å². The molecule has 0 saturated heterocycles. The lowest BCUT2D eigenvalue weighted by atomic mass is 10.1. The number of nitrogens with one attached hydrogen (secondary N) is 1. The second-order valence-corrected chi connectivity index (χ2v) is 8.02. The second kappa shape index (κ2) is 9.09. The van der Waals surface area contributed by atoms with E-state index in [1.165, 1.54) is 16.0 Å². The van der Waals surface area contributed by atoms with E-state index in [1.54, 1.807) is 11.8 Å². The molecule has 3 rings (SSSR count). The number of para-hydroxylation sites is 2. The fraction of sp³-hybridized carbons (Fsp3) is 0.364.